The van der Waals surface area contributed by atoms with Crippen LogP contribution >= 0.6 is 0 Å². The van der Waals surface area contributed by atoms with Gasteiger partial charge in [0.25, 0.3) is 0 Å². The number of hydrogen-bond donors (Lipinski definition) is 2. The molecule has 0 fully saturated rings. The van der Waals surface area contributed by atoms with Gasteiger partial charge >= 0.3 is 6.03 Å². The standard InChI is InChI=1S/C20H28N4O3/c1-19(2,3)16-10-17(24(23-16)20(4,5)6)22-18(25)21-11-13-7-8-14-15(9-13)27-12-26-14/h7-10H,11-12H2,1-6H3,(H2,21,22,25). The third-order valence-corrected chi connectivity index (χ3v) is 4.24. The number of amides is 2. The quantitative estimate of drug-likeness (QED) is 0.854. The largest absolute Gasteiger partial charge is 0.454 e. The molecule has 0 spiro atoms. The van der Waals surface area contributed by atoms with Crippen molar-refractivity contribution in [1.29, 1.82) is 0 Å². The van der Waals surface area contributed by atoms with Crippen molar-refractivity contribution in [3.63, 3.8) is 0 Å². The van der Waals surface area contributed by atoms with E-state index in [-0.39, 0.29) is 23.8 Å². The summed E-state index contributed by atoms with van der Waals surface area (Å²) in [6, 6.07) is 7.29. The Morgan fingerprint density at radius 1 is 1.11 bits per heavy atom. The van der Waals surface area contributed by atoms with Gasteiger partial charge in [-0.25, -0.2) is 9.48 Å². The fourth-order valence-electron chi connectivity index (χ4n) is 2.74. The van der Waals surface area contributed by atoms with E-state index in [4.69, 9.17) is 14.6 Å². The van der Waals surface area contributed by atoms with E-state index in [1.807, 2.05) is 28.9 Å². The molecular weight excluding hydrogens is 344 g/mol. The highest BCUT2D eigenvalue weighted by Crippen LogP contribution is 2.32. The number of fused-ring (bicyclic) bond motifs is 1. The first kappa shape index (κ1) is 19.1. The number of rotatable bonds is 3. The van der Waals surface area contributed by atoms with Crippen LogP contribution < -0.4 is 20.1 Å². The van der Waals surface area contributed by atoms with Gasteiger partial charge in [-0.1, -0.05) is 26.8 Å². The van der Waals surface area contributed by atoms with E-state index in [0.717, 1.165) is 17.0 Å². The molecule has 7 nitrogen and oxygen atoms in total. The smallest absolute Gasteiger partial charge is 0.320 e. The van der Waals surface area contributed by atoms with Crippen LogP contribution in [0.1, 0.15) is 52.8 Å². The number of anilines is 1. The molecule has 0 saturated carbocycles. The van der Waals surface area contributed by atoms with Gasteiger partial charge in [-0.2, -0.15) is 5.10 Å². The summed E-state index contributed by atoms with van der Waals surface area (Å²) in [4.78, 5) is 12.4. The lowest BCUT2D eigenvalue weighted by Crippen LogP contribution is -2.32. The average Bonchev–Trinajstić information content (AvgIpc) is 3.17. The molecule has 1 aliphatic rings. The Morgan fingerprint density at radius 2 is 1.81 bits per heavy atom. The van der Waals surface area contributed by atoms with Crippen LogP contribution in [0.5, 0.6) is 11.5 Å². The van der Waals surface area contributed by atoms with E-state index < -0.39 is 0 Å². The monoisotopic (exact) mass is 372 g/mol. The van der Waals surface area contributed by atoms with Gasteiger partial charge in [0.15, 0.2) is 11.5 Å². The Kier molecular flexibility index (Phi) is 4.80. The third-order valence-electron chi connectivity index (χ3n) is 4.24. The Hall–Kier alpha value is -2.70. The molecule has 3 rings (SSSR count). The number of benzene rings is 1. The Bertz CT molecular complexity index is 844. The van der Waals surface area contributed by atoms with Crippen molar-refractivity contribution >= 4 is 11.8 Å². The fourth-order valence-corrected chi connectivity index (χ4v) is 2.74. The zero-order valence-electron chi connectivity index (χ0n) is 16.8. The molecule has 2 amide bonds. The minimum absolute atomic E-state index is 0.101. The predicted molar refractivity (Wildman–Crippen MR) is 104 cm³/mol. The first-order valence-corrected chi connectivity index (χ1v) is 9.08. The van der Waals surface area contributed by atoms with Gasteiger partial charge < -0.3 is 14.8 Å². The number of nitrogens with zero attached hydrogens (tertiary/aromatic N) is 2. The minimum atomic E-state index is -0.279. The van der Waals surface area contributed by atoms with Crippen molar-refractivity contribution < 1.29 is 14.3 Å². The fraction of sp³-hybridized carbons (Fsp3) is 0.500. The summed E-state index contributed by atoms with van der Waals surface area (Å²) in [7, 11) is 0. The van der Waals surface area contributed by atoms with Gasteiger partial charge in [-0.05, 0) is 38.5 Å². The normalized spacial score (nSPS) is 13.6. The van der Waals surface area contributed by atoms with E-state index in [0.29, 0.717) is 18.1 Å². The zero-order chi connectivity index (χ0) is 19.8. The van der Waals surface area contributed by atoms with E-state index in [9.17, 15) is 4.79 Å². The second-order valence-corrected chi connectivity index (χ2v) is 8.74. The van der Waals surface area contributed by atoms with E-state index in [1.165, 1.54) is 0 Å². The van der Waals surface area contributed by atoms with Crippen LogP contribution in [0, 0.1) is 0 Å². The second-order valence-electron chi connectivity index (χ2n) is 8.74. The molecule has 7 heteroatoms. The molecule has 1 aromatic carbocycles. The Morgan fingerprint density at radius 3 is 2.48 bits per heavy atom. The van der Waals surface area contributed by atoms with Crippen LogP contribution in [0.15, 0.2) is 24.3 Å². The predicted octanol–water partition coefficient (Wildman–Crippen LogP) is 3.99. The second kappa shape index (κ2) is 6.79. The third kappa shape index (κ3) is 4.35. The SMILES string of the molecule is CC(C)(C)c1cc(NC(=O)NCc2ccc3c(c2)OCO3)n(C(C)(C)C)n1. The molecule has 0 saturated heterocycles. The molecule has 2 N–H and O–H groups in total. The van der Waals surface area contributed by atoms with Gasteiger partial charge in [0, 0.05) is 18.0 Å². The Labute approximate surface area is 160 Å². The highest BCUT2D eigenvalue weighted by atomic mass is 16.7. The number of aromatic nitrogens is 2. The molecule has 0 atom stereocenters. The lowest BCUT2D eigenvalue weighted by molar-refractivity contribution is 0.174. The van der Waals surface area contributed by atoms with Gasteiger partial charge in [0.2, 0.25) is 6.79 Å². The average molecular weight is 372 g/mol. The number of carbonyl (C=O) groups excluding carboxylic acids is 1. The van der Waals surface area contributed by atoms with Crippen molar-refractivity contribution in [3.05, 3.63) is 35.5 Å². The number of urea groups is 1. The van der Waals surface area contributed by atoms with E-state index >= 15 is 0 Å². The van der Waals surface area contributed by atoms with Crippen molar-refractivity contribution in [3.8, 4) is 11.5 Å². The highest BCUT2D eigenvalue weighted by Gasteiger charge is 2.25. The van der Waals surface area contributed by atoms with Crippen molar-refractivity contribution in [2.45, 2.75) is 59.0 Å². The molecule has 146 valence electrons. The summed E-state index contributed by atoms with van der Waals surface area (Å²) < 4.78 is 12.5. The summed E-state index contributed by atoms with van der Waals surface area (Å²) in [5.74, 6) is 2.11. The maximum atomic E-state index is 12.4. The summed E-state index contributed by atoms with van der Waals surface area (Å²) in [6.07, 6.45) is 0. The molecule has 2 heterocycles. The molecular formula is C20H28N4O3. The van der Waals surface area contributed by atoms with Crippen molar-refractivity contribution in [2.75, 3.05) is 12.1 Å². The van der Waals surface area contributed by atoms with Crippen LogP contribution in [-0.2, 0) is 17.5 Å². The lowest BCUT2D eigenvalue weighted by Gasteiger charge is -2.23. The molecule has 1 aliphatic heterocycles. The summed E-state index contributed by atoms with van der Waals surface area (Å²) in [6.45, 7) is 13.1. The molecule has 27 heavy (non-hydrogen) atoms. The molecule has 0 unspecified atom stereocenters. The topological polar surface area (TPSA) is 77.4 Å². The molecule has 0 radical (unpaired) electrons. The number of nitrogens with one attached hydrogen (secondary N) is 2. The van der Waals surface area contributed by atoms with Crippen LogP contribution in [0.4, 0.5) is 10.6 Å². The van der Waals surface area contributed by atoms with Gasteiger partial charge in [-0.3, -0.25) is 5.32 Å². The molecule has 0 bridgehead atoms. The first-order valence-electron chi connectivity index (χ1n) is 9.08. The van der Waals surface area contributed by atoms with Gasteiger partial charge in [-0.15, -0.1) is 0 Å². The summed E-state index contributed by atoms with van der Waals surface area (Å²) in [5, 5.41) is 10.5. The van der Waals surface area contributed by atoms with Crippen molar-refractivity contribution in [1.82, 2.24) is 15.1 Å². The van der Waals surface area contributed by atoms with Crippen LogP contribution in [0.3, 0.4) is 0 Å². The van der Waals surface area contributed by atoms with Gasteiger partial charge in [0.05, 0.1) is 11.2 Å². The summed E-state index contributed by atoms with van der Waals surface area (Å²) in [5.41, 5.74) is 1.52. The van der Waals surface area contributed by atoms with Crippen LogP contribution in [0.2, 0.25) is 0 Å². The molecule has 0 aliphatic carbocycles. The van der Waals surface area contributed by atoms with E-state index in [1.54, 1.807) is 0 Å². The highest BCUT2D eigenvalue weighted by molar-refractivity contribution is 5.88. The van der Waals surface area contributed by atoms with Crippen LogP contribution in [-0.4, -0.2) is 22.6 Å². The maximum Gasteiger partial charge on any atom is 0.320 e. The lowest BCUT2D eigenvalue weighted by atomic mass is 9.92. The maximum absolute atomic E-state index is 12.4. The zero-order valence-corrected chi connectivity index (χ0v) is 16.8. The first-order chi connectivity index (χ1) is 12.5. The summed E-state index contributed by atoms with van der Waals surface area (Å²) >= 11 is 0. The van der Waals surface area contributed by atoms with Crippen molar-refractivity contribution in [2.24, 2.45) is 0 Å². The minimum Gasteiger partial charge on any atom is -0.454 e. The molecule has 2 aromatic rings. The van der Waals surface area contributed by atoms with E-state index in [2.05, 4.69) is 52.2 Å². The van der Waals surface area contributed by atoms with Gasteiger partial charge in [0.1, 0.15) is 5.82 Å². The number of ether oxygens (including phenoxy) is 2. The molecule has 1 aromatic heterocycles. The van der Waals surface area contributed by atoms with Crippen LogP contribution in [0.25, 0.3) is 0 Å². The Balaban J connectivity index is 1.69. The number of carbonyl (C=O) groups is 1. The number of hydrogen-bond acceptors (Lipinski definition) is 4.